The SMILES string of the molecule is CCCC(CC)(CN)N(C)CC1CCCC1. The predicted octanol–water partition coefficient (Wildman–Crippen LogP) is 3.02. The molecular formula is C14H30N2. The summed E-state index contributed by atoms with van der Waals surface area (Å²) in [5.74, 6) is 0.930. The highest BCUT2D eigenvalue weighted by Gasteiger charge is 2.32. The van der Waals surface area contributed by atoms with E-state index in [-0.39, 0.29) is 5.54 Å². The van der Waals surface area contributed by atoms with E-state index in [4.69, 9.17) is 5.73 Å². The van der Waals surface area contributed by atoms with Crippen molar-refractivity contribution in [3.05, 3.63) is 0 Å². The van der Waals surface area contributed by atoms with Crippen molar-refractivity contribution < 1.29 is 0 Å². The minimum Gasteiger partial charge on any atom is -0.329 e. The second-order valence-electron chi connectivity index (χ2n) is 5.56. The van der Waals surface area contributed by atoms with E-state index in [0.29, 0.717) is 0 Å². The number of nitrogens with zero attached hydrogens (tertiary/aromatic N) is 1. The van der Waals surface area contributed by atoms with Gasteiger partial charge in [-0.15, -0.1) is 0 Å². The number of nitrogens with two attached hydrogens (primary N) is 1. The molecule has 16 heavy (non-hydrogen) atoms. The average molecular weight is 226 g/mol. The molecule has 2 nitrogen and oxygen atoms in total. The first kappa shape index (κ1) is 14.0. The molecule has 0 aromatic heterocycles. The fraction of sp³-hybridized carbons (Fsp3) is 1.00. The number of hydrogen-bond donors (Lipinski definition) is 1. The molecule has 1 fully saturated rings. The molecule has 0 spiro atoms. The quantitative estimate of drug-likeness (QED) is 0.723. The minimum atomic E-state index is 0.261. The van der Waals surface area contributed by atoms with Gasteiger partial charge in [-0.05, 0) is 38.6 Å². The van der Waals surface area contributed by atoms with E-state index < -0.39 is 0 Å². The number of likely N-dealkylation sites (N-methyl/N-ethyl adjacent to an activating group) is 1. The van der Waals surface area contributed by atoms with Gasteiger partial charge in [-0.3, -0.25) is 4.90 Å². The topological polar surface area (TPSA) is 29.3 Å². The summed E-state index contributed by atoms with van der Waals surface area (Å²) in [5.41, 5.74) is 6.30. The Morgan fingerprint density at radius 2 is 1.88 bits per heavy atom. The molecule has 1 saturated carbocycles. The molecule has 0 amide bonds. The summed E-state index contributed by atoms with van der Waals surface area (Å²) >= 11 is 0. The van der Waals surface area contributed by atoms with Crippen molar-refractivity contribution in [2.45, 2.75) is 64.3 Å². The molecule has 1 atom stereocenters. The molecule has 1 aliphatic carbocycles. The van der Waals surface area contributed by atoms with Crippen LogP contribution in [-0.2, 0) is 0 Å². The molecular weight excluding hydrogens is 196 g/mol. The summed E-state index contributed by atoms with van der Waals surface area (Å²) in [6.07, 6.45) is 9.40. The van der Waals surface area contributed by atoms with Gasteiger partial charge in [0.25, 0.3) is 0 Å². The van der Waals surface area contributed by atoms with Crippen molar-refractivity contribution in [3.63, 3.8) is 0 Å². The molecule has 0 aromatic carbocycles. The van der Waals surface area contributed by atoms with Crippen LogP contribution in [0.4, 0.5) is 0 Å². The third-order valence-electron chi connectivity index (χ3n) is 4.57. The normalized spacial score (nSPS) is 21.6. The predicted molar refractivity (Wildman–Crippen MR) is 71.6 cm³/mol. The van der Waals surface area contributed by atoms with Gasteiger partial charge < -0.3 is 5.73 Å². The van der Waals surface area contributed by atoms with Gasteiger partial charge in [0.15, 0.2) is 0 Å². The first-order chi connectivity index (χ1) is 7.68. The van der Waals surface area contributed by atoms with Crippen LogP contribution in [0.2, 0.25) is 0 Å². The van der Waals surface area contributed by atoms with E-state index in [1.807, 2.05) is 0 Å². The Labute approximate surface area is 102 Å². The lowest BCUT2D eigenvalue weighted by Crippen LogP contribution is -2.52. The largest absolute Gasteiger partial charge is 0.329 e. The summed E-state index contributed by atoms with van der Waals surface area (Å²) in [6.45, 7) is 6.61. The third-order valence-corrected chi connectivity index (χ3v) is 4.57. The van der Waals surface area contributed by atoms with Crippen molar-refractivity contribution >= 4 is 0 Å². The first-order valence-electron chi connectivity index (χ1n) is 7.09. The molecule has 0 aliphatic heterocycles. The lowest BCUT2D eigenvalue weighted by molar-refractivity contribution is 0.0916. The van der Waals surface area contributed by atoms with E-state index in [1.54, 1.807) is 0 Å². The molecule has 2 N–H and O–H groups in total. The maximum atomic E-state index is 6.04. The fourth-order valence-corrected chi connectivity index (χ4v) is 3.28. The fourth-order valence-electron chi connectivity index (χ4n) is 3.28. The Bertz CT molecular complexity index is 181. The molecule has 1 aliphatic rings. The zero-order valence-corrected chi connectivity index (χ0v) is 11.5. The van der Waals surface area contributed by atoms with Crippen LogP contribution in [0, 0.1) is 5.92 Å². The maximum absolute atomic E-state index is 6.04. The molecule has 0 radical (unpaired) electrons. The highest BCUT2D eigenvalue weighted by Crippen LogP contribution is 2.30. The van der Waals surface area contributed by atoms with Crippen LogP contribution < -0.4 is 5.73 Å². The summed E-state index contributed by atoms with van der Waals surface area (Å²) in [4.78, 5) is 2.56. The van der Waals surface area contributed by atoms with E-state index in [0.717, 1.165) is 12.5 Å². The lowest BCUT2D eigenvalue weighted by atomic mass is 9.88. The summed E-state index contributed by atoms with van der Waals surface area (Å²) in [5, 5.41) is 0. The third kappa shape index (κ3) is 3.21. The molecule has 0 bridgehead atoms. The van der Waals surface area contributed by atoms with Gasteiger partial charge >= 0.3 is 0 Å². The van der Waals surface area contributed by atoms with Gasteiger partial charge in [0.2, 0.25) is 0 Å². The van der Waals surface area contributed by atoms with E-state index in [9.17, 15) is 0 Å². The van der Waals surface area contributed by atoms with Gasteiger partial charge in [-0.1, -0.05) is 33.1 Å². The molecule has 0 heterocycles. The van der Waals surface area contributed by atoms with Gasteiger partial charge in [0, 0.05) is 18.6 Å². The lowest BCUT2D eigenvalue weighted by Gasteiger charge is -2.42. The van der Waals surface area contributed by atoms with Crippen molar-refractivity contribution in [2.75, 3.05) is 20.1 Å². The van der Waals surface area contributed by atoms with Crippen LogP contribution in [0.15, 0.2) is 0 Å². The van der Waals surface area contributed by atoms with Crippen LogP contribution in [-0.4, -0.2) is 30.6 Å². The van der Waals surface area contributed by atoms with Gasteiger partial charge in [-0.2, -0.15) is 0 Å². The van der Waals surface area contributed by atoms with Gasteiger partial charge in [0.05, 0.1) is 0 Å². The number of hydrogen-bond acceptors (Lipinski definition) is 2. The number of rotatable bonds is 7. The van der Waals surface area contributed by atoms with Gasteiger partial charge in [0.1, 0.15) is 0 Å². The second kappa shape index (κ2) is 6.61. The first-order valence-corrected chi connectivity index (χ1v) is 7.09. The van der Waals surface area contributed by atoms with Crippen molar-refractivity contribution in [1.82, 2.24) is 4.90 Å². The van der Waals surface area contributed by atoms with E-state index in [1.165, 1.54) is 51.5 Å². The second-order valence-corrected chi connectivity index (χ2v) is 5.56. The van der Waals surface area contributed by atoms with Crippen molar-refractivity contribution in [3.8, 4) is 0 Å². The maximum Gasteiger partial charge on any atom is 0.0326 e. The summed E-state index contributed by atoms with van der Waals surface area (Å²) in [7, 11) is 2.28. The molecule has 0 aromatic rings. The van der Waals surface area contributed by atoms with Crippen molar-refractivity contribution in [1.29, 1.82) is 0 Å². The molecule has 2 heteroatoms. The Morgan fingerprint density at radius 3 is 2.31 bits per heavy atom. The monoisotopic (exact) mass is 226 g/mol. The van der Waals surface area contributed by atoms with E-state index in [2.05, 4.69) is 25.8 Å². The van der Waals surface area contributed by atoms with Crippen LogP contribution in [0.5, 0.6) is 0 Å². The van der Waals surface area contributed by atoms with Crippen LogP contribution in [0.3, 0.4) is 0 Å². The smallest absolute Gasteiger partial charge is 0.0326 e. The average Bonchev–Trinajstić information content (AvgIpc) is 2.78. The molecule has 0 saturated heterocycles. The van der Waals surface area contributed by atoms with Gasteiger partial charge in [-0.25, -0.2) is 0 Å². The zero-order valence-electron chi connectivity index (χ0n) is 11.5. The summed E-state index contributed by atoms with van der Waals surface area (Å²) < 4.78 is 0. The molecule has 1 unspecified atom stereocenters. The Hall–Kier alpha value is -0.0800. The molecule has 96 valence electrons. The zero-order chi connectivity index (χ0) is 12.0. The molecule has 1 rings (SSSR count). The van der Waals surface area contributed by atoms with E-state index >= 15 is 0 Å². The minimum absolute atomic E-state index is 0.261. The Balaban J connectivity index is 2.54. The van der Waals surface area contributed by atoms with Crippen LogP contribution in [0.1, 0.15) is 58.8 Å². The highest BCUT2D eigenvalue weighted by molar-refractivity contribution is 4.90. The van der Waals surface area contributed by atoms with Crippen molar-refractivity contribution in [2.24, 2.45) is 11.7 Å². The van der Waals surface area contributed by atoms with Crippen LogP contribution >= 0.6 is 0 Å². The van der Waals surface area contributed by atoms with Crippen LogP contribution in [0.25, 0.3) is 0 Å². The Kier molecular flexibility index (Phi) is 5.77. The summed E-state index contributed by atoms with van der Waals surface area (Å²) in [6, 6.07) is 0. The highest BCUT2D eigenvalue weighted by atomic mass is 15.2. The Morgan fingerprint density at radius 1 is 1.25 bits per heavy atom. The standard InChI is InChI=1S/C14H30N2/c1-4-10-14(5-2,12-15)16(3)11-13-8-6-7-9-13/h13H,4-12,15H2,1-3H3.